The quantitative estimate of drug-likeness (QED) is 0.166. The van der Waals surface area contributed by atoms with Crippen molar-refractivity contribution in [3.63, 3.8) is 0 Å². The largest absolute Gasteiger partial charge is 0.456 e. The third-order valence-electron chi connectivity index (χ3n) is 9.93. The van der Waals surface area contributed by atoms with Crippen LogP contribution in [0.15, 0.2) is 199 Å². The van der Waals surface area contributed by atoms with E-state index in [0.717, 1.165) is 59.8 Å². The maximum atomic E-state index is 6.57. The Bertz CT molecular complexity index is 2840. The second-order valence-electron chi connectivity index (χ2n) is 13.2. The van der Waals surface area contributed by atoms with Gasteiger partial charge in [-0.05, 0) is 75.8 Å². The van der Waals surface area contributed by atoms with Crippen molar-refractivity contribution >= 4 is 60.6 Å². The highest BCUT2D eigenvalue weighted by Gasteiger charge is 2.18. The first-order valence-corrected chi connectivity index (χ1v) is 18.6. The van der Waals surface area contributed by atoms with E-state index in [1.807, 2.05) is 6.07 Å². The number of aromatic nitrogens is 1. The summed E-state index contributed by atoms with van der Waals surface area (Å²) in [6, 6.07) is 68.7. The first-order valence-electron chi connectivity index (χ1n) is 17.8. The normalized spacial score (nSPS) is 11.4. The average molecular weight is 697 g/mol. The minimum Gasteiger partial charge on any atom is -0.456 e. The van der Waals surface area contributed by atoms with Crippen LogP contribution < -0.4 is 4.90 Å². The Kier molecular flexibility index (Phi) is 7.67. The lowest BCUT2D eigenvalue weighted by atomic mass is 10.00. The molecule has 0 amide bonds. The molecule has 0 saturated heterocycles. The van der Waals surface area contributed by atoms with Crippen molar-refractivity contribution < 1.29 is 4.42 Å². The topological polar surface area (TPSA) is 29.3 Å². The van der Waals surface area contributed by atoms with Gasteiger partial charge < -0.3 is 9.32 Å². The predicted octanol–water partition coefficient (Wildman–Crippen LogP) is 14.3. The van der Waals surface area contributed by atoms with E-state index in [9.17, 15) is 0 Å². The highest BCUT2D eigenvalue weighted by atomic mass is 32.1. The SMILES string of the molecule is c1ccc(-c2ccc(-c3ccc(N(c4ccc(-c5ccccc5)cc4)c4ccc5c(c4)oc4cc6nc(-c7ccccc7)sc6cc45)cc3)cc2)cc1. The van der Waals surface area contributed by atoms with Gasteiger partial charge in [-0.25, -0.2) is 4.98 Å². The smallest absolute Gasteiger partial charge is 0.137 e. The molecule has 2 heterocycles. The second-order valence-corrected chi connectivity index (χ2v) is 14.3. The third kappa shape index (κ3) is 5.85. The number of hydrogen-bond acceptors (Lipinski definition) is 4. The molecule has 0 aliphatic heterocycles. The Labute approximate surface area is 311 Å². The van der Waals surface area contributed by atoms with Gasteiger partial charge in [0.1, 0.15) is 16.2 Å². The van der Waals surface area contributed by atoms with E-state index in [4.69, 9.17) is 9.40 Å². The first kappa shape index (κ1) is 31.0. The summed E-state index contributed by atoms with van der Waals surface area (Å²) >= 11 is 1.72. The zero-order chi connectivity index (χ0) is 35.1. The van der Waals surface area contributed by atoms with E-state index >= 15 is 0 Å². The minimum atomic E-state index is 0.843. The van der Waals surface area contributed by atoms with Crippen LogP contribution in [0.25, 0.3) is 76.1 Å². The van der Waals surface area contributed by atoms with Gasteiger partial charge in [-0.1, -0.05) is 140 Å². The lowest BCUT2D eigenvalue weighted by molar-refractivity contribution is 0.669. The van der Waals surface area contributed by atoms with Crippen LogP contribution in [0.3, 0.4) is 0 Å². The molecule has 0 fully saturated rings. The maximum absolute atomic E-state index is 6.57. The number of thiazole rings is 1. The number of anilines is 3. The first-order chi connectivity index (χ1) is 26.2. The Morgan fingerprint density at radius 2 is 0.811 bits per heavy atom. The van der Waals surface area contributed by atoms with E-state index in [1.54, 1.807) is 11.3 Å². The predicted molar refractivity (Wildman–Crippen MR) is 223 cm³/mol. The van der Waals surface area contributed by atoms with E-state index in [-0.39, 0.29) is 0 Å². The van der Waals surface area contributed by atoms with Crippen LogP contribution in [0.5, 0.6) is 0 Å². The molecule has 0 unspecified atom stereocenters. The zero-order valence-corrected chi connectivity index (χ0v) is 29.5. The van der Waals surface area contributed by atoms with E-state index in [1.165, 1.54) is 33.4 Å². The van der Waals surface area contributed by atoms with Gasteiger partial charge in [-0.15, -0.1) is 11.3 Å². The van der Waals surface area contributed by atoms with Gasteiger partial charge in [0.05, 0.1) is 10.2 Å². The van der Waals surface area contributed by atoms with Crippen LogP contribution in [0.4, 0.5) is 17.1 Å². The Morgan fingerprint density at radius 1 is 0.377 bits per heavy atom. The number of nitrogens with zero attached hydrogens (tertiary/aromatic N) is 2. The average Bonchev–Trinajstić information content (AvgIpc) is 3.82. The molecule has 0 atom stereocenters. The highest BCUT2D eigenvalue weighted by Crippen LogP contribution is 2.41. The van der Waals surface area contributed by atoms with Crippen LogP contribution in [0, 0.1) is 0 Å². The molecule has 0 spiro atoms. The molecule has 0 radical (unpaired) electrons. The standard InChI is InChI=1S/C49H32N2OS/c1-4-10-33(11-5-1)35-16-18-36(19-17-35)38-22-26-41(27-23-38)51(40-24-20-37(21-25-40)34-12-6-2-7-13-34)42-28-29-43-44-31-48-45(32-47(44)52-46(43)30-42)50-49(53-48)39-14-8-3-9-15-39/h1-32H. The van der Waals surface area contributed by atoms with Crippen molar-refractivity contribution in [3.8, 4) is 44.0 Å². The highest BCUT2D eigenvalue weighted by molar-refractivity contribution is 7.21. The second kappa shape index (κ2) is 13.1. The summed E-state index contributed by atoms with van der Waals surface area (Å²) in [7, 11) is 0. The number of rotatable bonds is 7. The molecule has 0 aliphatic rings. The van der Waals surface area contributed by atoms with Crippen molar-refractivity contribution in [1.82, 2.24) is 4.98 Å². The molecule has 0 saturated carbocycles. The van der Waals surface area contributed by atoms with Crippen LogP contribution >= 0.6 is 11.3 Å². The monoisotopic (exact) mass is 696 g/mol. The molecule has 0 N–H and O–H groups in total. The molecular formula is C49H32N2OS. The van der Waals surface area contributed by atoms with Gasteiger partial charge >= 0.3 is 0 Å². The fourth-order valence-corrected chi connectivity index (χ4v) is 8.19. The van der Waals surface area contributed by atoms with Gasteiger partial charge in [0.15, 0.2) is 0 Å². The third-order valence-corrected chi connectivity index (χ3v) is 11.0. The summed E-state index contributed by atoms with van der Waals surface area (Å²) in [6.07, 6.45) is 0. The van der Waals surface area contributed by atoms with Crippen molar-refractivity contribution in [2.75, 3.05) is 4.90 Å². The molecular weight excluding hydrogens is 665 g/mol. The van der Waals surface area contributed by atoms with Gasteiger partial charge in [-0.3, -0.25) is 0 Å². The van der Waals surface area contributed by atoms with Crippen LogP contribution in [0.1, 0.15) is 0 Å². The van der Waals surface area contributed by atoms with Crippen molar-refractivity contribution in [3.05, 3.63) is 194 Å². The fraction of sp³-hybridized carbons (Fsp3) is 0. The fourth-order valence-electron chi connectivity index (χ4n) is 7.20. The molecule has 2 aromatic heterocycles. The van der Waals surface area contributed by atoms with Crippen molar-refractivity contribution in [2.45, 2.75) is 0 Å². The molecule has 10 aromatic rings. The lowest BCUT2D eigenvalue weighted by Gasteiger charge is -2.26. The maximum Gasteiger partial charge on any atom is 0.137 e. The number of hydrogen-bond donors (Lipinski definition) is 0. The summed E-state index contributed by atoms with van der Waals surface area (Å²) in [5.74, 6) is 0. The summed E-state index contributed by atoms with van der Waals surface area (Å²) < 4.78 is 7.72. The zero-order valence-electron chi connectivity index (χ0n) is 28.7. The molecule has 3 nitrogen and oxygen atoms in total. The van der Waals surface area contributed by atoms with E-state index in [0.29, 0.717) is 0 Å². The van der Waals surface area contributed by atoms with Gasteiger partial charge in [0.25, 0.3) is 0 Å². The van der Waals surface area contributed by atoms with Crippen LogP contribution in [-0.4, -0.2) is 4.98 Å². The van der Waals surface area contributed by atoms with Gasteiger partial charge in [0, 0.05) is 45.5 Å². The molecule has 0 bridgehead atoms. The van der Waals surface area contributed by atoms with E-state index < -0.39 is 0 Å². The van der Waals surface area contributed by atoms with Crippen molar-refractivity contribution in [2.24, 2.45) is 0 Å². The van der Waals surface area contributed by atoms with Crippen LogP contribution in [-0.2, 0) is 0 Å². The molecule has 10 rings (SSSR count). The summed E-state index contributed by atoms with van der Waals surface area (Å²) in [5, 5.41) is 3.21. The molecule has 250 valence electrons. The molecule has 0 aliphatic carbocycles. The Hall–Kier alpha value is -6.75. The molecule has 53 heavy (non-hydrogen) atoms. The number of benzene rings is 8. The Balaban J connectivity index is 1.03. The number of fused-ring (bicyclic) bond motifs is 4. The molecule has 4 heteroatoms. The van der Waals surface area contributed by atoms with Gasteiger partial charge in [-0.2, -0.15) is 0 Å². The van der Waals surface area contributed by atoms with Crippen molar-refractivity contribution in [1.29, 1.82) is 0 Å². The van der Waals surface area contributed by atoms with Crippen LogP contribution in [0.2, 0.25) is 0 Å². The summed E-state index contributed by atoms with van der Waals surface area (Å²) in [5.41, 5.74) is 14.1. The summed E-state index contributed by atoms with van der Waals surface area (Å²) in [6.45, 7) is 0. The van der Waals surface area contributed by atoms with Gasteiger partial charge in [0.2, 0.25) is 0 Å². The summed E-state index contributed by atoms with van der Waals surface area (Å²) in [4.78, 5) is 7.26. The number of furan rings is 1. The lowest BCUT2D eigenvalue weighted by Crippen LogP contribution is -2.09. The minimum absolute atomic E-state index is 0.843. The molecule has 8 aromatic carbocycles. The Morgan fingerprint density at radius 3 is 1.34 bits per heavy atom. The van der Waals surface area contributed by atoms with E-state index in [2.05, 4.69) is 193 Å².